The molecule has 23 heavy (non-hydrogen) atoms. The van der Waals surface area contributed by atoms with Crippen LogP contribution in [0.25, 0.3) is 0 Å². The molecule has 0 saturated heterocycles. The van der Waals surface area contributed by atoms with Crippen LogP contribution in [0.1, 0.15) is 13.3 Å². The average Bonchev–Trinajstić information content (AvgIpc) is 2.47. The maximum atomic E-state index is 11.7. The van der Waals surface area contributed by atoms with Gasteiger partial charge in [-0.25, -0.2) is 4.79 Å². The summed E-state index contributed by atoms with van der Waals surface area (Å²) in [6, 6.07) is 0. The number of aliphatic hydroxyl groups is 3. The lowest BCUT2D eigenvalue weighted by atomic mass is 10.1. The van der Waals surface area contributed by atoms with E-state index in [4.69, 9.17) is 9.84 Å². The highest BCUT2D eigenvalue weighted by molar-refractivity contribution is 6.39. The Labute approximate surface area is 128 Å². The van der Waals surface area contributed by atoms with Gasteiger partial charge in [-0.1, -0.05) is 0 Å². The second-order valence-electron chi connectivity index (χ2n) is 4.58. The Morgan fingerprint density at radius 2 is 1.87 bits per heavy atom. The van der Waals surface area contributed by atoms with E-state index in [9.17, 15) is 29.4 Å². The first kappa shape index (κ1) is 18.5. The van der Waals surface area contributed by atoms with Crippen LogP contribution in [0.15, 0.2) is 9.59 Å². The van der Waals surface area contributed by atoms with Crippen LogP contribution in [0.5, 0.6) is 5.88 Å². The number of ketones is 1. The maximum absolute atomic E-state index is 11.7. The summed E-state index contributed by atoms with van der Waals surface area (Å²) >= 11 is 0. The molecule has 0 saturated carbocycles. The number of hydrogen-bond acceptors (Lipinski definition) is 8. The van der Waals surface area contributed by atoms with E-state index in [1.165, 1.54) is 0 Å². The predicted octanol–water partition coefficient (Wildman–Crippen LogP) is -2.93. The van der Waals surface area contributed by atoms with E-state index in [0.29, 0.717) is 0 Å². The molecule has 11 nitrogen and oxygen atoms in total. The number of aromatic amines is 2. The van der Waals surface area contributed by atoms with E-state index in [-0.39, 0.29) is 13.0 Å². The van der Waals surface area contributed by atoms with Crippen molar-refractivity contribution in [1.82, 2.24) is 9.97 Å². The molecule has 11 heteroatoms. The van der Waals surface area contributed by atoms with E-state index >= 15 is 0 Å². The molecule has 0 radical (unpaired) electrons. The van der Waals surface area contributed by atoms with Crippen molar-refractivity contribution < 1.29 is 29.6 Å². The normalized spacial score (nSPS) is 13.2. The Hall–Kier alpha value is -2.50. The van der Waals surface area contributed by atoms with Crippen molar-refractivity contribution >= 4 is 17.4 Å². The van der Waals surface area contributed by atoms with Crippen LogP contribution in [0.3, 0.4) is 0 Å². The van der Waals surface area contributed by atoms with Gasteiger partial charge in [0.15, 0.2) is 5.69 Å². The van der Waals surface area contributed by atoms with Crippen molar-refractivity contribution in [3.8, 4) is 5.88 Å². The average molecular weight is 331 g/mol. The Morgan fingerprint density at radius 3 is 2.43 bits per heavy atom. The zero-order valence-corrected chi connectivity index (χ0v) is 12.2. The molecule has 128 valence electrons. The number of ether oxygens (including phenoxy) is 1. The molecule has 0 unspecified atom stereocenters. The monoisotopic (exact) mass is 331 g/mol. The molecule has 0 fully saturated rings. The molecule has 1 rings (SSSR count). The Morgan fingerprint density at radius 1 is 1.22 bits per heavy atom. The number of carbonyl (C=O) groups excluding carboxylic acids is 2. The van der Waals surface area contributed by atoms with Gasteiger partial charge in [0.05, 0.1) is 6.10 Å². The van der Waals surface area contributed by atoms with Crippen molar-refractivity contribution in [2.75, 3.05) is 18.5 Å². The van der Waals surface area contributed by atoms with Crippen LogP contribution in [-0.2, 0) is 9.59 Å². The van der Waals surface area contributed by atoms with E-state index < -0.39 is 53.3 Å². The lowest BCUT2D eigenvalue weighted by Crippen LogP contribution is -2.34. The Kier molecular flexibility index (Phi) is 6.63. The third-order valence-electron chi connectivity index (χ3n) is 2.73. The number of aliphatic hydroxyl groups excluding tert-OH is 3. The minimum atomic E-state index is -1.42. The minimum Gasteiger partial charge on any atom is -0.474 e. The van der Waals surface area contributed by atoms with Gasteiger partial charge in [0.2, 0.25) is 11.7 Å². The molecule has 1 aromatic heterocycles. The fraction of sp³-hybridized carbons (Fsp3) is 0.500. The largest absolute Gasteiger partial charge is 0.474 e. The number of anilines is 1. The number of H-pyrrole nitrogens is 2. The summed E-state index contributed by atoms with van der Waals surface area (Å²) in [6.45, 7) is 0.0776. The summed E-state index contributed by atoms with van der Waals surface area (Å²) < 4.78 is 5.02. The van der Waals surface area contributed by atoms with Crippen LogP contribution in [0, 0.1) is 0 Å². The smallest absolute Gasteiger partial charge is 0.328 e. The van der Waals surface area contributed by atoms with Gasteiger partial charge in [-0.3, -0.25) is 24.4 Å². The van der Waals surface area contributed by atoms with Gasteiger partial charge in [-0.2, -0.15) is 0 Å². The first-order chi connectivity index (χ1) is 10.8. The van der Waals surface area contributed by atoms with E-state index in [2.05, 4.69) is 4.98 Å². The van der Waals surface area contributed by atoms with E-state index in [1.54, 1.807) is 0 Å². The van der Waals surface area contributed by atoms with Crippen molar-refractivity contribution in [1.29, 1.82) is 0 Å². The van der Waals surface area contributed by atoms with Gasteiger partial charge in [-0.15, -0.1) is 0 Å². The third-order valence-corrected chi connectivity index (χ3v) is 2.73. The number of rotatable bonds is 8. The molecular formula is C12H17N3O8. The highest BCUT2D eigenvalue weighted by Crippen LogP contribution is 2.15. The molecule has 1 aromatic rings. The van der Waals surface area contributed by atoms with E-state index in [0.717, 1.165) is 6.92 Å². The first-order valence-corrected chi connectivity index (χ1v) is 6.54. The standard InChI is InChI=1S/C12H17N3O8/c1-5(17)9(20)13-8-10(21)14-12(22)15-11(8)23-4-7(19)6(18)2-3-16/h6-7,16,18-19H,2-4H2,1H3,(H,13,20)(H2,14,15,21,22)/t6-,7+/m1/s1. The minimum absolute atomic E-state index is 0.107. The number of hydrogen-bond donors (Lipinski definition) is 6. The second kappa shape index (κ2) is 8.22. The summed E-state index contributed by atoms with van der Waals surface area (Å²) in [4.78, 5) is 49.1. The van der Waals surface area contributed by atoms with Crippen LogP contribution < -0.4 is 21.3 Å². The van der Waals surface area contributed by atoms with Crippen molar-refractivity contribution in [2.45, 2.75) is 25.6 Å². The Bertz CT molecular complexity index is 680. The maximum Gasteiger partial charge on any atom is 0.328 e. The number of carbonyl (C=O) groups is 2. The number of amides is 1. The molecule has 0 aromatic carbocycles. The number of aromatic nitrogens is 2. The lowest BCUT2D eigenvalue weighted by molar-refractivity contribution is -0.133. The van der Waals surface area contributed by atoms with Gasteiger partial charge < -0.3 is 25.4 Å². The van der Waals surface area contributed by atoms with Crippen LogP contribution in [-0.4, -0.2) is 62.4 Å². The van der Waals surface area contributed by atoms with Crippen LogP contribution in [0.4, 0.5) is 5.69 Å². The van der Waals surface area contributed by atoms with Gasteiger partial charge in [0.25, 0.3) is 11.5 Å². The van der Waals surface area contributed by atoms with Gasteiger partial charge in [0, 0.05) is 13.5 Å². The van der Waals surface area contributed by atoms with Crippen LogP contribution in [0.2, 0.25) is 0 Å². The van der Waals surface area contributed by atoms with Crippen molar-refractivity contribution in [3.05, 3.63) is 20.8 Å². The molecule has 2 atom stereocenters. The van der Waals surface area contributed by atoms with E-state index in [1.807, 2.05) is 10.3 Å². The van der Waals surface area contributed by atoms with Crippen molar-refractivity contribution in [2.24, 2.45) is 0 Å². The molecule has 0 aliphatic carbocycles. The summed E-state index contributed by atoms with van der Waals surface area (Å²) in [5.41, 5.74) is -2.46. The summed E-state index contributed by atoms with van der Waals surface area (Å²) in [5.74, 6) is -2.46. The Balaban J connectivity index is 2.96. The molecule has 0 aliphatic rings. The molecule has 1 amide bonds. The SMILES string of the molecule is CC(=O)C(=O)Nc1c(OC[C@H](O)[C@H](O)CCO)[nH]c(=O)[nH]c1=O. The zero-order chi connectivity index (χ0) is 17.6. The van der Waals surface area contributed by atoms with Crippen LogP contribution >= 0.6 is 0 Å². The quantitative estimate of drug-likeness (QED) is 0.274. The lowest BCUT2D eigenvalue weighted by Gasteiger charge is -2.18. The second-order valence-corrected chi connectivity index (χ2v) is 4.58. The molecule has 1 heterocycles. The molecule has 6 N–H and O–H groups in total. The van der Waals surface area contributed by atoms with Gasteiger partial charge in [-0.05, 0) is 6.42 Å². The first-order valence-electron chi connectivity index (χ1n) is 6.54. The zero-order valence-electron chi connectivity index (χ0n) is 12.2. The summed E-state index contributed by atoms with van der Waals surface area (Å²) in [5, 5.41) is 29.7. The number of nitrogens with one attached hydrogen (secondary N) is 3. The van der Waals surface area contributed by atoms with Crippen molar-refractivity contribution in [3.63, 3.8) is 0 Å². The number of Topliss-reactive ketones (excluding diaryl/α,β-unsaturated/α-hetero) is 1. The third kappa shape index (κ3) is 5.32. The molecular weight excluding hydrogens is 314 g/mol. The molecule has 0 bridgehead atoms. The molecule has 0 spiro atoms. The highest BCUT2D eigenvalue weighted by Gasteiger charge is 2.20. The van der Waals surface area contributed by atoms with Gasteiger partial charge in [0.1, 0.15) is 12.7 Å². The topological polar surface area (TPSA) is 182 Å². The molecule has 0 aliphatic heterocycles. The fourth-order valence-electron chi connectivity index (χ4n) is 1.49. The highest BCUT2D eigenvalue weighted by atomic mass is 16.5. The van der Waals surface area contributed by atoms with Gasteiger partial charge >= 0.3 is 5.69 Å². The predicted molar refractivity (Wildman–Crippen MR) is 76.2 cm³/mol. The summed E-state index contributed by atoms with van der Waals surface area (Å²) in [6.07, 6.45) is -2.81. The summed E-state index contributed by atoms with van der Waals surface area (Å²) in [7, 11) is 0. The fourth-order valence-corrected chi connectivity index (χ4v) is 1.49.